The molecular weight excluding hydrogens is 206 g/mol. The fraction of sp³-hybridized carbons (Fsp3) is 0.182. The number of hydrazine groups is 1. The highest BCUT2D eigenvalue weighted by Crippen LogP contribution is 2.26. The van der Waals surface area contributed by atoms with E-state index in [0.717, 1.165) is 22.2 Å². The first-order chi connectivity index (χ1) is 7.67. The van der Waals surface area contributed by atoms with Crippen molar-refractivity contribution in [3.63, 3.8) is 0 Å². The average molecular weight is 219 g/mol. The third-order valence-corrected chi connectivity index (χ3v) is 2.57. The zero-order valence-corrected chi connectivity index (χ0v) is 9.13. The summed E-state index contributed by atoms with van der Waals surface area (Å²) in [6.07, 6.45) is 1.64. The SMILES string of the molecule is COc1cc(C)c2[nH]cc(C(=O)NN)c2c1. The van der Waals surface area contributed by atoms with Crippen molar-refractivity contribution in [3.8, 4) is 5.75 Å². The summed E-state index contributed by atoms with van der Waals surface area (Å²) < 4.78 is 5.16. The zero-order valence-electron chi connectivity index (χ0n) is 9.13. The molecule has 1 aromatic carbocycles. The van der Waals surface area contributed by atoms with Crippen molar-refractivity contribution in [1.29, 1.82) is 0 Å². The van der Waals surface area contributed by atoms with Crippen LogP contribution in [0.1, 0.15) is 15.9 Å². The molecule has 1 amide bonds. The standard InChI is InChI=1S/C11H13N3O2/c1-6-3-7(16-2)4-8-9(11(15)14-12)5-13-10(6)8/h3-5,13H,12H2,1-2H3,(H,14,15). The van der Waals surface area contributed by atoms with Gasteiger partial charge in [0.1, 0.15) is 5.75 Å². The second-order valence-electron chi connectivity index (χ2n) is 3.54. The van der Waals surface area contributed by atoms with Gasteiger partial charge in [0.05, 0.1) is 12.7 Å². The van der Waals surface area contributed by atoms with Gasteiger partial charge in [-0.15, -0.1) is 0 Å². The molecule has 0 radical (unpaired) electrons. The molecule has 0 bridgehead atoms. The van der Waals surface area contributed by atoms with Crippen molar-refractivity contribution in [1.82, 2.24) is 10.4 Å². The van der Waals surface area contributed by atoms with Crippen LogP contribution in [0, 0.1) is 6.92 Å². The largest absolute Gasteiger partial charge is 0.497 e. The molecule has 0 unspecified atom stereocenters. The van der Waals surface area contributed by atoms with Gasteiger partial charge < -0.3 is 9.72 Å². The summed E-state index contributed by atoms with van der Waals surface area (Å²) in [5.74, 6) is 5.52. The number of nitrogens with two attached hydrogens (primary N) is 1. The number of carbonyl (C=O) groups excluding carboxylic acids is 1. The van der Waals surface area contributed by atoms with Crippen molar-refractivity contribution in [2.24, 2.45) is 5.84 Å². The number of aromatic nitrogens is 1. The fourth-order valence-corrected chi connectivity index (χ4v) is 1.76. The van der Waals surface area contributed by atoms with E-state index in [1.54, 1.807) is 13.3 Å². The second-order valence-corrected chi connectivity index (χ2v) is 3.54. The minimum Gasteiger partial charge on any atom is -0.497 e. The van der Waals surface area contributed by atoms with Crippen LogP contribution >= 0.6 is 0 Å². The minimum absolute atomic E-state index is 0.320. The molecule has 0 saturated carbocycles. The Balaban J connectivity index is 2.70. The van der Waals surface area contributed by atoms with Crippen LogP contribution in [0.5, 0.6) is 5.75 Å². The van der Waals surface area contributed by atoms with Gasteiger partial charge in [0.15, 0.2) is 0 Å². The summed E-state index contributed by atoms with van der Waals surface area (Å²) in [5.41, 5.74) is 4.57. The molecule has 0 saturated heterocycles. The first-order valence-electron chi connectivity index (χ1n) is 4.84. The lowest BCUT2D eigenvalue weighted by Gasteiger charge is -2.04. The molecule has 16 heavy (non-hydrogen) atoms. The Morgan fingerprint density at radius 1 is 1.50 bits per heavy atom. The molecule has 1 aromatic heterocycles. The number of aromatic amines is 1. The van der Waals surface area contributed by atoms with E-state index in [0.29, 0.717) is 5.56 Å². The van der Waals surface area contributed by atoms with Gasteiger partial charge in [-0.25, -0.2) is 5.84 Å². The number of H-pyrrole nitrogens is 1. The van der Waals surface area contributed by atoms with E-state index < -0.39 is 0 Å². The molecule has 84 valence electrons. The zero-order chi connectivity index (χ0) is 11.7. The van der Waals surface area contributed by atoms with E-state index in [1.165, 1.54) is 0 Å². The number of amides is 1. The molecule has 0 aliphatic rings. The molecule has 0 spiro atoms. The lowest BCUT2D eigenvalue weighted by atomic mass is 10.1. The maximum Gasteiger partial charge on any atom is 0.267 e. The van der Waals surface area contributed by atoms with Crippen LogP contribution in [0.15, 0.2) is 18.3 Å². The average Bonchev–Trinajstić information content (AvgIpc) is 2.72. The van der Waals surface area contributed by atoms with E-state index in [9.17, 15) is 4.79 Å². The van der Waals surface area contributed by atoms with Crippen molar-refractivity contribution in [2.45, 2.75) is 6.92 Å². The summed E-state index contributed by atoms with van der Waals surface area (Å²) in [6, 6.07) is 3.71. The Bertz CT molecular complexity index is 545. The number of ether oxygens (including phenoxy) is 1. The fourth-order valence-electron chi connectivity index (χ4n) is 1.76. The van der Waals surface area contributed by atoms with Crippen LogP contribution in [-0.2, 0) is 0 Å². The number of benzene rings is 1. The number of carbonyl (C=O) groups is 1. The Morgan fingerprint density at radius 3 is 2.88 bits per heavy atom. The molecule has 1 heterocycles. The Morgan fingerprint density at radius 2 is 2.25 bits per heavy atom. The number of rotatable bonds is 2. The van der Waals surface area contributed by atoms with E-state index in [1.807, 2.05) is 19.1 Å². The van der Waals surface area contributed by atoms with E-state index >= 15 is 0 Å². The Kier molecular flexibility index (Phi) is 2.54. The smallest absolute Gasteiger partial charge is 0.267 e. The van der Waals surface area contributed by atoms with Crippen LogP contribution in [0.2, 0.25) is 0 Å². The normalized spacial score (nSPS) is 10.4. The molecular formula is C11H13N3O2. The van der Waals surface area contributed by atoms with Crippen molar-refractivity contribution in [3.05, 3.63) is 29.5 Å². The van der Waals surface area contributed by atoms with Gasteiger partial charge in [0, 0.05) is 17.1 Å². The highest BCUT2D eigenvalue weighted by Gasteiger charge is 2.13. The van der Waals surface area contributed by atoms with Gasteiger partial charge in [0.2, 0.25) is 0 Å². The maximum atomic E-state index is 11.5. The van der Waals surface area contributed by atoms with Crippen molar-refractivity contribution in [2.75, 3.05) is 7.11 Å². The molecule has 2 rings (SSSR count). The number of nitrogens with one attached hydrogen (secondary N) is 2. The van der Waals surface area contributed by atoms with Crippen LogP contribution in [-0.4, -0.2) is 18.0 Å². The number of hydrogen-bond donors (Lipinski definition) is 3. The maximum absolute atomic E-state index is 11.5. The highest BCUT2D eigenvalue weighted by molar-refractivity contribution is 6.07. The first kappa shape index (κ1) is 10.5. The van der Waals surface area contributed by atoms with Gasteiger partial charge in [-0.3, -0.25) is 10.2 Å². The number of nitrogen functional groups attached to an aromatic ring is 1. The lowest BCUT2D eigenvalue weighted by Crippen LogP contribution is -2.29. The van der Waals surface area contributed by atoms with Gasteiger partial charge in [-0.1, -0.05) is 0 Å². The van der Waals surface area contributed by atoms with Gasteiger partial charge in [-0.05, 0) is 24.6 Å². The third-order valence-electron chi connectivity index (χ3n) is 2.57. The highest BCUT2D eigenvalue weighted by atomic mass is 16.5. The predicted molar refractivity (Wildman–Crippen MR) is 61.2 cm³/mol. The summed E-state index contributed by atoms with van der Waals surface area (Å²) in [4.78, 5) is 14.6. The minimum atomic E-state index is -0.320. The van der Waals surface area contributed by atoms with Gasteiger partial charge in [0.25, 0.3) is 5.91 Å². The summed E-state index contributed by atoms with van der Waals surface area (Å²) in [5, 5.41) is 0.805. The molecule has 5 nitrogen and oxygen atoms in total. The lowest BCUT2D eigenvalue weighted by molar-refractivity contribution is 0.0955. The van der Waals surface area contributed by atoms with Crippen LogP contribution in [0.4, 0.5) is 0 Å². The van der Waals surface area contributed by atoms with Gasteiger partial charge >= 0.3 is 0 Å². The molecule has 0 atom stereocenters. The number of fused-ring (bicyclic) bond motifs is 1. The van der Waals surface area contributed by atoms with Crippen LogP contribution in [0.3, 0.4) is 0 Å². The molecule has 4 N–H and O–H groups in total. The summed E-state index contributed by atoms with van der Waals surface area (Å²) >= 11 is 0. The first-order valence-corrected chi connectivity index (χ1v) is 4.84. The number of aryl methyl sites for hydroxylation is 1. The van der Waals surface area contributed by atoms with E-state index in [2.05, 4.69) is 10.4 Å². The van der Waals surface area contributed by atoms with E-state index in [-0.39, 0.29) is 5.91 Å². The quantitative estimate of drug-likeness (QED) is 0.402. The molecule has 0 fully saturated rings. The number of hydrogen-bond acceptors (Lipinski definition) is 3. The van der Waals surface area contributed by atoms with Crippen molar-refractivity contribution < 1.29 is 9.53 Å². The summed E-state index contributed by atoms with van der Waals surface area (Å²) in [6.45, 7) is 1.95. The van der Waals surface area contributed by atoms with Crippen LogP contribution in [0.25, 0.3) is 10.9 Å². The third kappa shape index (κ3) is 1.51. The Hall–Kier alpha value is -2.01. The van der Waals surface area contributed by atoms with Crippen LogP contribution < -0.4 is 16.0 Å². The van der Waals surface area contributed by atoms with Gasteiger partial charge in [-0.2, -0.15) is 0 Å². The molecule has 0 aliphatic carbocycles. The second kappa shape index (κ2) is 3.86. The topological polar surface area (TPSA) is 80.1 Å². The molecule has 2 aromatic rings. The molecule has 5 heteroatoms. The molecule has 0 aliphatic heterocycles. The summed E-state index contributed by atoms with van der Waals surface area (Å²) in [7, 11) is 1.59. The predicted octanol–water partition coefficient (Wildman–Crippen LogP) is 1.09. The van der Waals surface area contributed by atoms with Crippen molar-refractivity contribution >= 4 is 16.8 Å². The monoisotopic (exact) mass is 219 g/mol. The Labute approximate surface area is 92.6 Å². The number of methoxy groups -OCH3 is 1. The van der Waals surface area contributed by atoms with E-state index in [4.69, 9.17) is 10.6 Å².